The van der Waals surface area contributed by atoms with Crippen molar-refractivity contribution in [1.82, 2.24) is 0 Å². The second kappa shape index (κ2) is 3.91. The van der Waals surface area contributed by atoms with Crippen LogP contribution in [0, 0.1) is 5.92 Å². The predicted molar refractivity (Wildman–Crippen MR) is 69.1 cm³/mol. The number of ether oxygens (including phenoxy) is 1. The van der Waals surface area contributed by atoms with E-state index in [1.54, 1.807) is 4.90 Å². The number of para-hydroxylation sites is 1. The number of anilines is 1. The minimum absolute atomic E-state index is 0.216. The van der Waals surface area contributed by atoms with E-state index in [0.29, 0.717) is 6.54 Å². The fraction of sp³-hybridized carbons (Fsp3) is 0.400. The van der Waals surface area contributed by atoms with Gasteiger partial charge in [0.25, 0.3) is 0 Å². The monoisotopic (exact) mass is 271 g/mol. The molecule has 3 aliphatic heterocycles. The third kappa shape index (κ3) is 1.40. The number of carbonyl (C=O) groups is 3. The Kier molecular flexibility index (Phi) is 2.28. The van der Waals surface area contributed by atoms with Crippen molar-refractivity contribution in [2.75, 3.05) is 11.4 Å². The third-order valence-corrected chi connectivity index (χ3v) is 4.31. The lowest BCUT2D eigenvalue weighted by molar-refractivity contribution is -0.166. The van der Waals surface area contributed by atoms with E-state index in [1.807, 2.05) is 18.2 Å². The molecule has 0 radical (unpaired) electrons. The van der Waals surface area contributed by atoms with E-state index in [2.05, 4.69) is 0 Å². The third-order valence-electron chi connectivity index (χ3n) is 4.31. The van der Waals surface area contributed by atoms with Crippen LogP contribution < -0.4 is 4.90 Å². The number of carbonyl (C=O) groups excluding carboxylic acids is 3. The lowest BCUT2D eigenvalue weighted by atomic mass is 9.80. The maximum Gasteiger partial charge on any atom is 0.313 e. The zero-order valence-electron chi connectivity index (χ0n) is 10.8. The molecule has 1 aromatic carbocycles. The molecular weight excluding hydrogens is 258 g/mol. The number of hydrogen-bond donors (Lipinski definition) is 0. The van der Waals surface area contributed by atoms with Crippen LogP contribution in [0.3, 0.4) is 0 Å². The van der Waals surface area contributed by atoms with E-state index in [9.17, 15) is 14.4 Å². The van der Waals surface area contributed by atoms with Crippen LogP contribution in [0.1, 0.15) is 30.1 Å². The molecule has 102 valence electrons. The summed E-state index contributed by atoms with van der Waals surface area (Å²) in [7, 11) is 0. The van der Waals surface area contributed by atoms with Crippen molar-refractivity contribution in [1.29, 1.82) is 0 Å². The smallest absolute Gasteiger partial charge is 0.313 e. The summed E-state index contributed by atoms with van der Waals surface area (Å²) in [4.78, 5) is 37.9. The van der Waals surface area contributed by atoms with Gasteiger partial charge in [0.15, 0.2) is 5.78 Å². The molecule has 0 bridgehead atoms. The van der Waals surface area contributed by atoms with Crippen LogP contribution >= 0.6 is 0 Å². The highest BCUT2D eigenvalue weighted by Gasteiger charge is 2.50. The van der Waals surface area contributed by atoms with Crippen LogP contribution in [0.2, 0.25) is 0 Å². The Morgan fingerprint density at radius 1 is 1.20 bits per heavy atom. The number of ketones is 1. The maximum atomic E-state index is 12.6. The number of esters is 1. The van der Waals surface area contributed by atoms with Gasteiger partial charge in [0.05, 0.1) is 5.69 Å². The van der Waals surface area contributed by atoms with Crippen molar-refractivity contribution in [2.24, 2.45) is 5.92 Å². The molecule has 3 heterocycles. The van der Waals surface area contributed by atoms with E-state index in [1.165, 1.54) is 0 Å². The molecule has 0 saturated carbocycles. The van der Waals surface area contributed by atoms with Gasteiger partial charge in [-0.15, -0.1) is 0 Å². The number of nitrogens with zero attached hydrogens (tertiary/aromatic N) is 1. The van der Waals surface area contributed by atoms with Crippen molar-refractivity contribution in [2.45, 2.75) is 25.4 Å². The Hall–Kier alpha value is -2.17. The fourth-order valence-electron chi connectivity index (χ4n) is 3.48. The summed E-state index contributed by atoms with van der Waals surface area (Å²) in [5, 5.41) is 0. The number of amides is 1. The van der Waals surface area contributed by atoms with Gasteiger partial charge in [0.2, 0.25) is 5.91 Å². The highest BCUT2D eigenvalue weighted by atomic mass is 16.5. The lowest BCUT2D eigenvalue weighted by Gasteiger charge is -2.42. The first kappa shape index (κ1) is 11.6. The fourth-order valence-corrected chi connectivity index (χ4v) is 3.48. The summed E-state index contributed by atoms with van der Waals surface area (Å²) in [6.07, 6.45) is 0.774. The Morgan fingerprint density at radius 2 is 2.05 bits per heavy atom. The van der Waals surface area contributed by atoms with E-state index < -0.39 is 18.0 Å². The van der Waals surface area contributed by atoms with E-state index in [0.717, 1.165) is 29.7 Å². The van der Waals surface area contributed by atoms with Gasteiger partial charge in [0.1, 0.15) is 18.4 Å². The largest absolute Gasteiger partial charge is 0.456 e. The molecule has 2 atom stereocenters. The van der Waals surface area contributed by atoms with Crippen molar-refractivity contribution in [3.05, 3.63) is 29.3 Å². The average molecular weight is 271 g/mol. The van der Waals surface area contributed by atoms with Crippen molar-refractivity contribution >= 4 is 23.3 Å². The molecule has 3 aliphatic rings. The number of Topliss-reactive ketones (excluding diaryl/α,β-unsaturated/α-hetero) is 1. The predicted octanol–water partition coefficient (Wildman–Crippen LogP) is 1.15. The molecule has 1 amide bonds. The topological polar surface area (TPSA) is 63.7 Å². The van der Waals surface area contributed by atoms with Gasteiger partial charge < -0.3 is 9.64 Å². The van der Waals surface area contributed by atoms with Crippen LogP contribution in [0.15, 0.2) is 18.2 Å². The molecule has 5 nitrogen and oxygen atoms in total. The van der Waals surface area contributed by atoms with Crippen LogP contribution in [0.25, 0.3) is 0 Å². The number of fused-ring (bicyclic) bond motifs is 2. The van der Waals surface area contributed by atoms with Crippen molar-refractivity contribution in [3.63, 3.8) is 0 Å². The lowest BCUT2D eigenvalue weighted by Crippen LogP contribution is -2.51. The molecule has 20 heavy (non-hydrogen) atoms. The zero-order valence-corrected chi connectivity index (χ0v) is 10.8. The van der Waals surface area contributed by atoms with Gasteiger partial charge >= 0.3 is 5.97 Å². The summed E-state index contributed by atoms with van der Waals surface area (Å²) in [6, 6.07) is 5.75. The van der Waals surface area contributed by atoms with Crippen molar-refractivity contribution in [3.8, 4) is 0 Å². The first-order valence-electron chi connectivity index (χ1n) is 6.82. The van der Waals surface area contributed by atoms with E-state index >= 15 is 0 Å². The number of benzene rings is 1. The molecule has 0 aromatic heterocycles. The van der Waals surface area contributed by atoms with Gasteiger partial charge in [-0.05, 0) is 18.4 Å². The average Bonchev–Trinajstić information content (AvgIpc) is 2.43. The quantitative estimate of drug-likeness (QED) is 0.524. The molecule has 0 aliphatic carbocycles. The van der Waals surface area contributed by atoms with Gasteiger partial charge in [-0.25, -0.2) is 0 Å². The van der Waals surface area contributed by atoms with Crippen LogP contribution in [0.4, 0.5) is 5.69 Å². The second-order valence-corrected chi connectivity index (χ2v) is 5.48. The molecule has 0 N–H and O–H groups in total. The molecule has 4 rings (SSSR count). The van der Waals surface area contributed by atoms with Gasteiger partial charge in [-0.2, -0.15) is 0 Å². The Balaban J connectivity index is 1.94. The highest BCUT2D eigenvalue weighted by molar-refractivity contribution is 6.16. The Morgan fingerprint density at radius 3 is 2.90 bits per heavy atom. The summed E-state index contributed by atoms with van der Waals surface area (Å²) >= 11 is 0. The SMILES string of the molecule is O=C1CC(=O)[C@@H]2C(=O)N3CCCc4cccc(c43)[C@@H]2O1. The van der Waals surface area contributed by atoms with Crippen LogP contribution in [0.5, 0.6) is 0 Å². The first-order valence-corrected chi connectivity index (χ1v) is 6.82. The normalized spacial score (nSPS) is 27.8. The Bertz CT molecular complexity index is 651. The van der Waals surface area contributed by atoms with Crippen LogP contribution in [-0.2, 0) is 25.5 Å². The summed E-state index contributed by atoms with van der Waals surface area (Å²) < 4.78 is 5.32. The summed E-state index contributed by atoms with van der Waals surface area (Å²) in [5.41, 5.74) is 2.75. The molecule has 1 fully saturated rings. The zero-order chi connectivity index (χ0) is 13.9. The summed E-state index contributed by atoms with van der Waals surface area (Å²) in [6.45, 7) is 0.632. The minimum atomic E-state index is -0.853. The number of hydrogen-bond acceptors (Lipinski definition) is 4. The highest BCUT2D eigenvalue weighted by Crippen LogP contribution is 2.46. The standard InChI is InChI=1S/C15H13NO4/c17-10-7-11(18)20-14-9-5-1-3-8-4-2-6-16(13(8)9)15(19)12(10)14/h1,3,5,12,14H,2,4,6-7H2/t12-,14-/m0/s1. The van der Waals surface area contributed by atoms with Gasteiger partial charge in [0, 0.05) is 12.1 Å². The second-order valence-electron chi connectivity index (χ2n) is 5.48. The van der Waals surface area contributed by atoms with E-state index in [4.69, 9.17) is 4.74 Å². The van der Waals surface area contributed by atoms with Gasteiger partial charge in [-0.1, -0.05) is 18.2 Å². The molecular formula is C15H13NO4. The summed E-state index contributed by atoms with van der Waals surface area (Å²) in [5.74, 6) is -1.93. The minimum Gasteiger partial charge on any atom is -0.456 e. The Labute approximate surface area is 115 Å². The van der Waals surface area contributed by atoms with Crippen LogP contribution in [-0.4, -0.2) is 24.2 Å². The number of aryl methyl sites for hydroxylation is 1. The first-order chi connectivity index (χ1) is 9.66. The molecule has 5 heteroatoms. The molecule has 0 unspecified atom stereocenters. The number of rotatable bonds is 0. The van der Waals surface area contributed by atoms with Gasteiger partial charge in [-0.3, -0.25) is 14.4 Å². The van der Waals surface area contributed by atoms with Crippen molar-refractivity contribution < 1.29 is 19.1 Å². The molecule has 1 aromatic rings. The molecule has 0 spiro atoms. The maximum absolute atomic E-state index is 12.6. The van der Waals surface area contributed by atoms with E-state index in [-0.39, 0.29) is 18.1 Å². The molecule has 1 saturated heterocycles.